The van der Waals surface area contributed by atoms with Crippen LogP contribution in [0.5, 0.6) is 0 Å². The van der Waals surface area contributed by atoms with Gasteiger partial charge in [-0.2, -0.15) is 5.26 Å². The van der Waals surface area contributed by atoms with Crippen molar-refractivity contribution in [2.75, 3.05) is 24.6 Å². The topological polar surface area (TPSA) is 61.2 Å². The normalized spacial score (nSPS) is 32.6. The molecule has 0 aromatic carbocycles. The van der Waals surface area contributed by atoms with Crippen molar-refractivity contribution < 1.29 is 8.42 Å². The van der Waals surface area contributed by atoms with Crippen LogP contribution in [0.3, 0.4) is 0 Å². The van der Waals surface area contributed by atoms with Gasteiger partial charge in [-0.1, -0.05) is 0 Å². The lowest BCUT2D eigenvalue weighted by molar-refractivity contribution is 0.159. The van der Waals surface area contributed by atoms with E-state index in [1.165, 1.54) is 0 Å². The number of hydrogen-bond donors (Lipinski definition) is 0. The average Bonchev–Trinajstić information content (AvgIpc) is 2.59. The SMILES string of the molecule is N#CC1CCN(C2CCS(=O)(=O)C2)CC1. The molecule has 2 fully saturated rings. The van der Waals surface area contributed by atoms with E-state index in [4.69, 9.17) is 5.26 Å². The second-order valence-corrected chi connectivity index (χ2v) is 6.72. The monoisotopic (exact) mass is 228 g/mol. The molecule has 15 heavy (non-hydrogen) atoms. The van der Waals surface area contributed by atoms with E-state index in [0.29, 0.717) is 11.5 Å². The Morgan fingerprint density at radius 3 is 2.33 bits per heavy atom. The molecule has 5 heteroatoms. The highest BCUT2D eigenvalue weighted by Crippen LogP contribution is 2.23. The van der Waals surface area contributed by atoms with Crippen LogP contribution in [0, 0.1) is 17.2 Å². The van der Waals surface area contributed by atoms with E-state index >= 15 is 0 Å². The second kappa shape index (κ2) is 4.11. The van der Waals surface area contributed by atoms with Crippen LogP contribution in [0.25, 0.3) is 0 Å². The quantitative estimate of drug-likeness (QED) is 0.652. The summed E-state index contributed by atoms with van der Waals surface area (Å²) in [7, 11) is -2.77. The molecule has 2 saturated heterocycles. The third kappa shape index (κ3) is 2.50. The van der Waals surface area contributed by atoms with E-state index in [1.807, 2.05) is 0 Å². The molecular formula is C10H16N2O2S. The molecule has 0 saturated carbocycles. The fourth-order valence-corrected chi connectivity index (χ4v) is 4.22. The van der Waals surface area contributed by atoms with Crippen molar-refractivity contribution in [3.63, 3.8) is 0 Å². The fraction of sp³-hybridized carbons (Fsp3) is 0.900. The summed E-state index contributed by atoms with van der Waals surface area (Å²) in [6, 6.07) is 2.50. The molecule has 0 radical (unpaired) electrons. The van der Waals surface area contributed by atoms with Gasteiger partial charge in [-0.05, 0) is 32.4 Å². The van der Waals surface area contributed by atoms with Crippen LogP contribution >= 0.6 is 0 Å². The van der Waals surface area contributed by atoms with Crippen molar-refractivity contribution in [3.05, 3.63) is 0 Å². The number of rotatable bonds is 1. The van der Waals surface area contributed by atoms with E-state index in [9.17, 15) is 8.42 Å². The molecule has 1 atom stereocenters. The highest BCUT2D eigenvalue weighted by Gasteiger charge is 2.33. The summed E-state index contributed by atoms with van der Waals surface area (Å²) in [4.78, 5) is 2.25. The third-order valence-electron chi connectivity index (χ3n) is 3.44. The van der Waals surface area contributed by atoms with Crippen LogP contribution in [0.2, 0.25) is 0 Å². The van der Waals surface area contributed by atoms with Crippen LogP contribution in [0.4, 0.5) is 0 Å². The minimum absolute atomic E-state index is 0.180. The highest BCUT2D eigenvalue weighted by molar-refractivity contribution is 7.91. The van der Waals surface area contributed by atoms with Crippen molar-refractivity contribution in [2.45, 2.75) is 25.3 Å². The van der Waals surface area contributed by atoms with Crippen molar-refractivity contribution in [1.82, 2.24) is 4.90 Å². The minimum atomic E-state index is -2.77. The van der Waals surface area contributed by atoms with E-state index in [-0.39, 0.29) is 12.0 Å². The van der Waals surface area contributed by atoms with Crippen molar-refractivity contribution in [2.24, 2.45) is 5.92 Å². The largest absolute Gasteiger partial charge is 0.299 e. The third-order valence-corrected chi connectivity index (χ3v) is 5.19. The van der Waals surface area contributed by atoms with Gasteiger partial charge in [0.15, 0.2) is 9.84 Å². The van der Waals surface area contributed by atoms with Crippen LogP contribution < -0.4 is 0 Å². The predicted molar refractivity (Wildman–Crippen MR) is 57.0 cm³/mol. The summed E-state index contributed by atoms with van der Waals surface area (Å²) in [6.07, 6.45) is 2.57. The Morgan fingerprint density at radius 1 is 1.20 bits per heavy atom. The number of sulfone groups is 1. The average molecular weight is 228 g/mol. The summed E-state index contributed by atoms with van der Waals surface area (Å²) in [5.74, 6) is 0.847. The van der Waals surface area contributed by atoms with Crippen molar-refractivity contribution >= 4 is 9.84 Å². The lowest BCUT2D eigenvalue weighted by atomic mass is 9.97. The van der Waals surface area contributed by atoms with Crippen molar-refractivity contribution in [3.8, 4) is 6.07 Å². The van der Waals surface area contributed by atoms with Gasteiger partial charge in [-0.3, -0.25) is 4.90 Å². The van der Waals surface area contributed by atoms with Crippen LogP contribution in [-0.2, 0) is 9.84 Å². The molecule has 0 aliphatic carbocycles. The lowest BCUT2D eigenvalue weighted by Crippen LogP contribution is -2.41. The Morgan fingerprint density at radius 2 is 1.87 bits per heavy atom. The van der Waals surface area contributed by atoms with Gasteiger partial charge in [-0.25, -0.2) is 8.42 Å². The van der Waals surface area contributed by atoms with Crippen LogP contribution in [0.1, 0.15) is 19.3 Å². The van der Waals surface area contributed by atoms with Crippen molar-refractivity contribution in [1.29, 1.82) is 5.26 Å². The Hall–Kier alpha value is -0.600. The molecular weight excluding hydrogens is 212 g/mol. The zero-order chi connectivity index (χ0) is 10.9. The van der Waals surface area contributed by atoms with E-state index < -0.39 is 9.84 Å². The number of piperidine rings is 1. The molecule has 0 aromatic rings. The smallest absolute Gasteiger partial charge is 0.151 e. The molecule has 0 amide bonds. The molecule has 4 nitrogen and oxygen atoms in total. The Kier molecular flexibility index (Phi) is 2.98. The summed E-state index contributed by atoms with van der Waals surface area (Å²) in [6.45, 7) is 1.77. The Balaban J connectivity index is 1.90. The molecule has 1 unspecified atom stereocenters. The summed E-state index contributed by atoms with van der Waals surface area (Å²) < 4.78 is 22.7. The van der Waals surface area contributed by atoms with Gasteiger partial charge in [-0.15, -0.1) is 0 Å². The molecule has 0 spiro atoms. The number of nitrogens with zero attached hydrogens (tertiary/aromatic N) is 2. The minimum Gasteiger partial charge on any atom is -0.299 e. The maximum Gasteiger partial charge on any atom is 0.151 e. The Bertz CT molecular complexity index is 363. The van der Waals surface area contributed by atoms with Crippen LogP contribution in [-0.4, -0.2) is 44.0 Å². The maximum atomic E-state index is 11.3. The molecule has 2 aliphatic rings. The van der Waals surface area contributed by atoms with Gasteiger partial charge in [0.1, 0.15) is 0 Å². The molecule has 0 aromatic heterocycles. The Labute approximate surface area is 90.8 Å². The molecule has 2 rings (SSSR count). The summed E-state index contributed by atoms with van der Waals surface area (Å²) in [5, 5.41) is 8.76. The predicted octanol–water partition coefficient (Wildman–Crippen LogP) is 0.409. The van der Waals surface area contributed by atoms with E-state index in [0.717, 1.165) is 32.4 Å². The molecule has 84 valence electrons. The first-order valence-corrected chi connectivity index (χ1v) is 7.27. The maximum absolute atomic E-state index is 11.3. The summed E-state index contributed by atoms with van der Waals surface area (Å²) in [5.41, 5.74) is 0. The zero-order valence-electron chi connectivity index (χ0n) is 8.72. The number of likely N-dealkylation sites (tertiary alicyclic amines) is 1. The van der Waals surface area contributed by atoms with E-state index in [2.05, 4.69) is 11.0 Å². The van der Waals surface area contributed by atoms with Gasteiger partial charge < -0.3 is 0 Å². The van der Waals surface area contributed by atoms with Gasteiger partial charge in [0.2, 0.25) is 0 Å². The van der Waals surface area contributed by atoms with Gasteiger partial charge >= 0.3 is 0 Å². The molecule has 2 aliphatic heterocycles. The second-order valence-electron chi connectivity index (χ2n) is 4.50. The number of nitriles is 1. The first kappa shape index (κ1) is 10.9. The fourth-order valence-electron chi connectivity index (χ4n) is 2.46. The summed E-state index contributed by atoms with van der Waals surface area (Å²) >= 11 is 0. The zero-order valence-corrected chi connectivity index (χ0v) is 9.54. The standard InChI is InChI=1S/C10H16N2O2S/c11-7-9-1-4-12(5-2-9)10-3-6-15(13,14)8-10/h9-10H,1-6,8H2. The first-order chi connectivity index (χ1) is 7.11. The van der Waals surface area contributed by atoms with Gasteiger partial charge in [0.25, 0.3) is 0 Å². The van der Waals surface area contributed by atoms with Gasteiger partial charge in [0.05, 0.1) is 17.6 Å². The number of hydrogen-bond acceptors (Lipinski definition) is 4. The first-order valence-electron chi connectivity index (χ1n) is 5.45. The highest BCUT2D eigenvalue weighted by atomic mass is 32.2. The molecule has 0 bridgehead atoms. The molecule has 2 heterocycles. The van der Waals surface area contributed by atoms with E-state index in [1.54, 1.807) is 0 Å². The molecule has 0 N–H and O–H groups in total. The lowest BCUT2D eigenvalue weighted by Gasteiger charge is -2.33. The van der Waals surface area contributed by atoms with Gasteiger partial charge in [0, 0.05) is 12.0 Å². The van der Waals surface area contributed by atoms with Crippen LogP contribution in [0.15, 0.2) is 0 Å².